The molecule has 3 saturated carbocycles. The smallest absolute Gasteiger partial charge is 0.224 e. The van der Waals surface area contributed by atoms with E-state index in [2.05, 4.69) is 5.32 Å². The van der Waals surface area contributed by atoms with Gasteiger partial charge in [0.1, 0.15) is 5.82 Å². The number of carbonyl (C=O) groups excluding carboxylic acids is 1. The Balaban J connectivity index is 1.39. The first-order chi connectivity index (χ1) is 10.2. The van der Waals surface area contributed by atoms with Crippen LogP contribution in [0.5, 0.6) is 0 Å². The SMILES string of the molecule is O=C(Cc1ccccc1F)N[C@@H]1C[C@H]2C[C@H]1[C@@H]1CCC[C@H]21. The topological polar surface area (TPSA) is 29.1 Å². The van der Waals surface area contributed by atoms with E-state index in [0.717, 1.165) is 24.2 Å². The Morgan fingerprint density at radius 2 is 1.95 bits per heavy atom. The van der Waals surface area contributed by atoms with Gasteiger partial charge in [-0.2, -0.15) is 0 Å². The first-order valence-corrected chi connectivity index (χ1v) is 8.25. The van der Waals surface area contributed by atoms with Crippen molar-refractivity contribution in [2.75, 3.05) is 0 Å². The highest BCUT2D eigenvalue weighted by Gasteiger charge is 2.53. The molecule has 3 aliphatic carbocycles. The second-order valence-electron chi connectivity index (χ2n) is 7.10. The van der Waals surface area contributed by atoms with Crippen LogP contribution < -0.4 is 5.32 Å². The summed E-state index contributed by atoms with van der Waals surface area (Å²) in [5.74, 6) is 3.01. The molecule has 112 valence electrons. The van der Waals surface area contributed by atoms with E-state index in [1.54, 1.807) is 18.2 Å². The van der Waals surface area contributed by atoms with E-state index in [1.807, 2.05) is 0 Å². The van der Waals surface area contributed by atoms with Gasteiger partial charge in [0.25, 0.3) is 0 Å². The van der Waals surface area contributed by atoms with Crippen LogP contribution in [0.3, 0.4) is 0 Å². The van der Waals surface area contributed by atoms with Gasteiger partial charge in [0.2, 0.25) is 5.91 Å². The van der Waals surface area contributed by atoms with Gasteiger partial charge >= 0.3 is 0 Å². The highest BCUT2D eigenvalue weighted by molar-refractivity contribution is 5.79. The molecule has 1 amide bonds. The van der Waals surface area contributed by atoms with Gasteiger partial charge in [0.05, 0.1) is 6.42 Å². The zero-order valence-corrected chi connectivity index (χ0v) is 12.2. The van der Waals surface area contributed by atoms with Gasteiger partial charge in [-0.3, -0.25) is 4.79 Å². The quantitative estimate of drug-likeness (QED) is 0.908. The molecule has 3 fully saturated rings. The van der Waals surface area contributed by atoms with E-state index in [9.17, 15) is 9.18 Å². The second-order valence-corrected chi connectivity index (χ2v) is 7.10. The average molecular weight is 287 g/mol. The molecular formula is C18H22FNO. The lowest BCUT2D eigenvalue weighted by Crippen LogP contribution is -2.43. The summed E-state index contributed by atoms with van der Waals surface area (Å²) in [7, 11) is 0. The average Bonchev–Trinajstić information content (AvgIpc) is 3.13. The first kappa shape index (κ1) is 13.3. The Morgan fingerprint density at radius 3 is 2.81 bits per heavy atom. The maximum Gasteiger partial charge on any atom is 0.224 e. The summed E-state index contributed by atoms with van der Waals surface area (Å²) in [6, 6.07) is 6.90. The Morgan fingerprint density at radius 1 is 1.14 bits per heavy atom. The molecule has 3 aliphatic rings. The minimum absolute atomic E-state index is 0.0211. The van der Waals surface area contributed by atoms with Gasteiger partial charge < -0.3 is 5.32 Å². The lowest BCUT2D eigenvalue weighted by atomic mass is 9.79. The number of hydrogen-bond acceptors (Lipinski definition) is 1. The molecule has 2 nitrogen and oxygen atoms in total. The van der Waals surface area contributed by atoms with E-state index in [-0.39, 0.29) is 18.1 Å². The van der Waals surface area contributed by atoms with Gasteiger partial charge in [-0.25, -0.2) is 4.39 Å². The van der Waals surface area contributed by atoms with Crippen LogP contribution in [0.4, 0.5) is 4.39 Å². The molecule has 2 bridgehead atoms. The van der Waals surface area contributed by atoms with Gasteiger partial charge in [0.15, 0.2) is 0 Å². The number of benzene rings is 1. The summed E-state index contributed by atoms with van der Waals surface area (Å²) in [6.07, 6.45) is 6.74. The summed E-state index contributed by atoms with van der Waals surface area (Å²) in [6.45, 7) is 0. The minimum atomic E-state index is -0.281. The highest BCUT2D eigenvalue weighted by atomic mass is 19.1. The van der Waals surface area contributed by atoms with Crippen LogP contribution >= 0.6 is 0 Å². The number of hydrogen-bond donors (Lipinski definition) is 1. The maximum absolute atomic E-state index is 13.6. The number of halogens is 1. The summed E-state index contributed by atoms with van der Waals surface area (Å²) >= 11 is 0. The molecular weight excluding hydrogens is 265 g/mol. The standard InChI is InChI=1S/C18H22FNO/c19-16-7-2-1-4-11(16)10-18(21)20-17-9-12-8-15(17)14-6-3-5-13(12)14/h1-2,4,7,12-15,17H,3,5-6,8-10H2,(H,20,21)/t12-,13-,14-,15+,17-/m1/s1. The fourth-order valence-electron chi connectivity index (χ4n) is 5.31. The monoisotopic (exact) mass is 287 g/mol. The molecule has 0 aliphatic heterocycles. The number of amides is 1. The highest BCUT2D eigenvalue weighted by Crippen LogP contribution is 2.58. The van der Waals surface area contributed by atoms with Crippen molar-refractivity contribution in [1.82, 2.24) is 5.32 Å². The van der Waals surface area contributed by atoms with Gasteiger partial charge in [0, 0.05) is 6.04 Å². The van der Waals surface area contributed by atoms with Crippen LogP contribution in [-0.4, -0.2) is 11.9 Å². The Kier molecular flexibility index (Phi) is 3.24. The predicted molar refractivity (Wildman–Crippen MR) is 79.1 cm³/mol. The number of rotatable bonds is 3. The zero-order chi connectivity index (χ0) is 14.4. The van der Waals surface area contributed by atoms with Crippen molar-refractivity contribution in [2.45, 2.75) is 44.6 Å². The molecule has 3 heteroatoms. The molecule has 0 saturated heterocycles. The van der Waals surface area contributed by atoms with E-state index in [4.69, 9.17) is 0 Å². The van der Waals surface area contributed by atoms with Crippen LogP contribution in [0.15, 0.2) is 24.3 Å². The molecule has 1 aromatic rings. The predicted octanol–water partition coefficient (Wildman–Crippen LogP) is 3.31. The van der Waals surface area contributed by atoms with E-state index in [0.29, 0.717) is 17.5 Å². The molecule has 4 rings (SSSR count). The number of fused-ring (bicyclic) bond motifs is 5. The van der Waals surface area contributed by atoms with E-state index < -0.39 is 0 Å². The van der Waals surface area contributed by atoms with Crippen molar-refractivity contribution in [1.29, 1.82) is 0 Å². The van der Waals surface area contributed by atoms with E-state index in [1.165, 1.54) is 31.7 Å². The van der Waals surface area contributed by atoms with Crippen molar-refractivity contribution in [3.8, 4) is 0 Å². The minimum Gasteiger partial charge on any atom is -0.353 e. The lowest BCUT2D eigenvalue weighted by Gasteiger charge is -2.32. The lowest BCUT2D eigenvalue weighted by molar-refractivity contribution is -0.121. The summed E-state index contributed by atoms with van der Waals surface area (Å²) in [5.41, 5.74) is 0.497. The summed E-state index contributed by atoms with van der Waals surface area (Å²) < 4.78 is 13.6. The molecule has 0 heterocycles. The molecule has 5 atom stereocenters. The van der Waals surface area contributed by atoms with Crippen LogP contribution in [0, 0.1) is 29.5 Å². The summed E-state index contributed by atoms with van der Waals surface area (Å²) in [4.78, 5) is 12.2. The van der Waals surface area contributed by atoms with Crippen molar-refractivity contribution >= 4 is 5.91 Å². The Labute approximate surface area is 125 Å². The maximum atomic E-state index is 13.6. The third kappa shape index (κ3) is 2.27. The third-order valence-corrected chi connectivity index (χ3v) is 6.08. The summed E-state index contributed by atoms with van der Waals surface area (Å²) in [5, 5.41) is 3.19. The van der Waals surface area contributed by atoms with Gasteiger partial charge in [-0.1, -0.05) is 24.6 Å². The fourth-order valence-corrected chi connectivity index (χ4v) is 5.31. The van der Waals surface area contributed by atoms with Crippen molar-refractivity contribution in [3.63, 3.8) is 0 Å². The van der Waals surface area contributed by atoms with Crippen molar-refractivity contribution in [3.05, 3.63) is 35.6 Å². The molecule has 0 radical (unpaired) electrons. The zero-order valence-electron chi connectivity index (χ0n) is 12.2. The normalized spacial score (nSPS) is 36.7. The Hall–Kier alpha value is -1.38. The van der Waals surface area contributed by atoms with Crippen LogP contribution in [-0.2, 0) is 11.2 Å². The molecule has 0 aromatic heterocycles. The fraction of sp³-hybridized carbons (Fsp3) is 0.611. The molecule has 1 aromatic carbocycles. The largest absolute Gasteiger partial charge is 0.353 e. The van der Waals surface area contributed by atoms with E-state index >= 15 is 0 Å². The van der Waals surface area contributed by atoms with Crippen LogP contribution in [0.2, 0.25) is 0 Å². The molecule has 21 heavy (non-hydrogen) atoms. The van der Waals surface area contributed by atoms with Gasteiger partial charge in [-0.05, 0) is 61.0 Å². The molecule has 1 N–H and O–H groups in total. The Bertz CT molecular complexity index is 558. The van der Waals surface area contributed by atoms with Crippen molar-refractivity contribution in [2.24, 2.45) is 23.7 Å². The van der Waals surface area contributed by atoms with Crippen molar-refractivity contribution < 1.29 is 9.18 Å². The van der Waals surface area contributed by atoms with Crippen LogP contribution in [0.1, 0.15) is 37.7 Å². The first-order valence-electron chi connectivity index (χ1n) is 8.25. The number of carbonyl (C=O) groups is 1. The molecule has 0 spiro atoms. The third-order valence-electron chi connectivity index (χ3n) is 6.08. The van der Waals surface area contributed by atoms with Gasteiger partial charge in [-0.15, -0.1) is 0 Å². The second kappa shape index (κ2) is 5.11. The molecule has 0 unspecified atom stereocenters. The van der Waals surface area contributed by atoms with Crippen LogP contribution in [0.25, 0.3) is 0 Å². The number of nitrogens with one attached hydrogen (secondary N) is 1.